The molecular weight excluding hydrogens is 218 g/mol. The van der Waals surface area contributed by atoms with Gasteiger partial charge in [0.1, 0.15) is 5.82 Å². The molecule has 1 aromatic rings. The number of halogens is 2. The van der Waals surface area contributed by atoms with Gasteiger partial charge in [-0.2, -0.15) is 0 Å². The van der Waals surface area contributed by atoms with E-state index in [0.29, 0.717) is 5.56 Å². The molecule has 0 heterocycles. The van der Waals surface area contributed by atoms with E-state index in [2.05, 4.69) is 4.74 Å². The van der Waals surface area contributed by atoms with Gasteiger partial charge in [-0.15, -0.1) is 0 Å². The molecule has 3 nitrogen and oxygen atoms in total. The summed E-state index contributed by atoms with van der Waals surface area (Å²) in [7, 11) is 1.00. The van der Waals surface area contributed by atoms with Crippen molar-refractivity contribution in [2.24, 2.45) is 0 Å². The maximum absolute atomic E-state index is 14.1. The zero-order valence-corrected chi connectivity index (χ0v) is 8.42. The van der Waals surface area contributed by atoms with Crippen molar-refractivity contribution in [2.75, 3.05) is 7.11 Å². The standard InChI is InChI=1S/C11H8F2O3/c1-16-10(15)11(13)5-6-2-3-7(12)4-8(6)9(11)14/h2-4H,5H2,1H3. The normalized spacial score (nSPS) is 23.1. The Morgan fingerprint density at radius 1 is 1.50 bits per heavy atom. The molecule has 5 heteroatoms. The summed E-state index contributed by atoms with van der Waals surface area (Å²) in [4.78, 5) is 22.8. The van der Waals surface area contributed by atoms with Gasteiger partial charge >= 0.3 is 5.97 Å². The first-order valence-electron chi connectivity index (χ1n) is 4.59. The SMILES string of the molecule is COC(=O)C1(F)Cc2ccc(F)cc2C1=O. The van der Waals surface area contributed by atoms with Gasteiger partial charge in [-0.25, -0.2) is 13.6 Å². The van der Waals surface area contributed by atoms with Crippen LogP contribution in [-0.2, 0) is 16.0 Å². The van der Waals surface area contributed by atoms with Gasteiger partial charge in [0.2, 0.25) is 5.78 Å². The van der Waals surface area contributed by atoms with Crippen molar-refractivity contribution >= 4 is 11.8 Å². The topological polar surface area (TPSA) is 43.4 Å². The van der Waals surface area contributed by atoms with Crippen molar-refractivity contribution < 1.29 is 23.1 Å². The third-order valence-corrected chi connectivity index (χ3v) is 2.62. The number of fused-ring (bicyclic) bond motifs is 1. The highest BCUT2D eigenvalue weighted by atomic mass is 19.1. The molecule has 0 aromatic heterocycles. The van der Waals surface area contributed by atoms with Crippen LogP contribution in [0.1, 0.15) is 15.9 Å². The summed E-state index contributed by atoms with van der Waals surface area (Å²) < 4.78 is 31.2. The Morgan fingerprint density at radius 3 is 2.81 bits per heavy atom. The molecule has 0 radical (unpaired) electrons. The van der Waals surface area contributed by atoms with Crippen molar-refractivity contribution in [1.29, 1.82) is 0 Å². The lowest BCUT2D eigenvalue weighted by molar-refractivity contribution is -0.150. The van der Waals surface area contributed by atoms with E-state index in [1.807, 2.05) is 0 Å². The third kappa shape index (κ3) is 1.31. The van der Waals surface area contributed by atoms with Gasteiger partial charge in [-0.05, 0) is 17.7 Å². The van der Waals surface area contributed by atoms with Crippen LogP contribution in [0.25, 0.3) is 0 Å². The van der Waals surface area contributed by atoms with E-state index < -0.39 is 29.7 Å². The number of ketones is 1. The molecule has 0 spiro atoms. The Hall–Kier alpha value is -1.78. The minimum absolute atomic E-state index is 0.0899. The van der Waals surface area contributed by atoms with Crippen LogP contribution in [-0.4, -0.2) is 24.5 Å². The lowest BCUT2D eigenvalue weighted by Gasteiger charge is -2.13. The van der Waals surface area contributed by atoms with Crippen molar-refractivity contribution in [3.63, 3.8) is 0 Å². The molecular formula is C11H8F2O3. The van der Waals surface area contributed by atoms with E-state index in [1.165, 1.54) is 6.07 Å². The lowest BCUT2D eigenvalue weighted by atomic mass is 10.0. The molecule has 0 bridgehead atoms. The van der Waals surface area contributed by atoms with Crippen LogP contribution in [0, 0.1) is 5.82 Å². The smallest absolute Gasteiger partial charge is 0.352 e. The molecule has 1 atom stereocenters. The zero-order chi connectivity index (χ0) is 11.9. The first-order chi connectivity index (χ1) is 7.49. The number of hydrogen-bond acceptors (Lipinski definition) is 3. The Kier molecular flexibility index (Phi) is 2.26. The molecule has 2 rings (SSSR count). The van der Waals surface area contributed by atoms with Gasteiger partial charge in [-0.1, -0.05) is 6.07 Å². The van der Waals surface area contributed by atoms with E-state index in [9.17, 15) is 18.4 Å². The number of ether oxygens (including phenoxy) is 1. The van der Waals surface area contributed by atoms with E-state index >= 15 is 0 Å². The molecule has 16 heavy (non-hydrogen) atoms. The van der Waals surface area contributed by atoms with Crippen LogP contribution < -0.4 is 0 Å². The van der Waals surface area contributed by atoms with E-state index in [4.69, 9.17) is 0 Å². The van der Waals surface area contributed by atoms with Crippen LogP contribution >= 0.6 is 0 Å². The second-order valence-electron chi connectivity index (χ2n) is 3.60. The van der Waals surface area contributed by atoms with Gasteiger partial charge < -0.3 is 4.74 Å². The summed E-state index contributed by atoms with van der Waals surface area (Å²) in [5.41, 5.74) is -2.47. The predicted octanol–water partition coefficient (Wildman–Crippen LogP) is 1.45. The second-order valence-corrected chi connectivity index (χ2v) is 3.60. The van der Waals surface area contributed by atoms with Crippen molar-refractivity contribution in [3.8, 4) is 0 Å². The minimum atomic E-state index is -2.70. The summed E-state index contributed by atoms with van der Waals surface area (Å²) in [6, 6.07) is 3.35. The van der Waals surface area contributed by atoms with Crippen LogP contribution in [0.4, 0.5) is 8.78 Å². The summed E-state index contributed by atoms with van der Waals surface area (Å²) in [5, 5.41) is 0. The number of esters is 1. The van der Waals surface area contributed by atoms with Gasteiger partial charge in [0.25, 0.3) is 5.67 Å². The third-order valence-electron chi connectivity index (χ3n) is 2.62. The summed E-state index contributed by atoms with van der Waals surface area (Å²) in [5.74, 6) is -2.91. The zero-order valence-electron chi connectivity index (χ0n) is 8.42. The maximum atomic E-state index is 14.1. The molecule has 1 aliphatic rings. The van der Waals surface area contributed by atoms with Crippen LogP contribution in [0.3, 0.4) is 0 Å². The molecule has 1 aromatic carbocycles. The summed E-state index contributed by atoms with van der Waals surface area (Å²) >= 11 is 0. The monoisotopic (exact) mass is 226 g/mol. The Bertz CT molecular complexity index is 484. The number of rotatable bonds is 1. The quantitative estimate of drug-likeness (QED) is 0.537. The average molecular weight is 226 g/mol. The second kappa shape index (κ2) is 3.37. The Morgan fingerprint density at radius 2 is 2.19 bits per heavy atom. The van der Waals surface area contributed by atoms with E-state index in [-0.39, 0.29) is 5.56 Å². The number of carbonyl (C=O) groups is 2. The number of carbonyl (C=O) groups excluding carboxylic acids is 2. The molecule has 0 amide bonds. The molecule has 0 aliphatic heterocycles. The number of alkyl halides is 1. The van der Waals surface area contributed by atoms with Crippen molar-refractivity contribution in [2.45, 2.75) is 12.1 Å². The molecule has 1 unspecified atom stereocenters. The number of hydrogen-bond donors (Lipinski definition) is 0. The molecule has 0 N–H and O–H groups in total. The maximum Gasteiger partial charge on any atom is 0.352 e. The van der Waals surface area contributed by atoms with Gasteiger partial charge in [0, 0.05) is 12.0 Å². The number of methoxy groups -OCH3 is 1. The minimum Gasteiger partial charge on any atom is -0.466 e. The predicted molar refractivity (Wildman–Crippen MR) is 50.3 cm³/mol. The molecule has 84 valence electrons. The van der Waals surface area contributed by atoms with Gasteiger partial charge in [-0.3, -0.25) is 4.79 Å². The summed E-state index contributed by atoms with van der Waals surface area (Å²) in [6.07, 6.45) is -0.395. The van der Waals surface area contributed by atoms with E-state index in [0.717, 1.165) is 19.2 Å². The first kappa shape index (κ1) is 10.7. The number of Topliss-reactive ketones (excluding diaryl/α,β-unsaturated/α-hetero) is 1. The molecule has 0 saturated carbocycles. The highest BCUT2D eigenvalue weighted by Gasteiger charge is 2.53. The lowest BCUT2D eigenvalue weighted by Crippen LogP contribution is -2.41. The van der Waals surface area contributed by atoms with Gasteiger partial charge in [0.05, 0.1) is 7.11 Å². The molecule has 0 saturated heterocycles. The largest absolute Gasteiger partial charge is 0.466 e. The van der Waals surface area contributed by atoms with E-state index in [1.54, 1.807) is 0 Å². The van der Waals surface area contributed by atoms with Crippen LogP contribution in [0.2, 0.25) is 0 Å². The Balaban J connectivity index is 2.49. The fourth-order valence-electron chi connectivity index (χ4n) is 1.80. The first-order valence-corrected chi connectivity index (χ1v) is 4.59. The highest BCUT2D eigenvalue weighted by Crippen LogP contribution is 2.34. The van der Waals surface area contributed by atoms with Crippen molar-refractivity contribution in [3.05, 3.63) is 35.1 Å². The highest BCUT2D eigenvalue weighted by molar-refractivity contribution is 6.18. The van der Waals surface area contributed by atoms with Crippen molar-refractivity contribution in [1.82, 2.24) is 0 Å². The fourth-order valence-corrected chi connectivity index (χ4v) is 1.80. The fraction of sp³-hybridized carbons (Fsp3) is 0.273. The number of benzene rings is 1. The van der Waals surface area contributed by atoms with Gasteiger partial charge in [0.15, 0.2) is 0 Å². The Labute approximate surface area is 90.0 Å². The van der Waals surface area contributed by atoms with Crippen LogP contribution in [0.15, 0.2) is 18.2 Å². The molecule has 0 fully saturated rings. The summed E-state index contributed by atoms with van der Waals surface area (Å²) in [6.45, 7) is 0. The van der Waals surface area contributed by atoms with Crippen LogP contribution in [0.5, 0.6) is 0 Å². The average Bonchev–Trinajstić information content (AvgIpc) is 2.52. The molecule has 1 aliphatic carbocycles.